The van der Waals surface area contributed by atoms with Crippen LogP contribution in [0, 0.1) is 0 Å². The van der Waals surface area contributed by atoms with Crippen LogP contribution in [0.5, 0.6) is 0 Å². The summed E-state index contributed by atoms with van der Waals surface area (Å²) in [5.41, 5.74) is 5.35. The Kier molecular flexibility index (Phi) is 7.52. The number of likely N-dealkylation sites (tertiary alicyclic amines) is 1. The van der Waals surface area contributed by atoms with Crippen LogP contribution < -0.4 is 10.9 Å². The second-order valence-electron chi connectivity index (χ2n) is 9.48. The molecule has 3 aromatic carbocycles. The van der Waals surface area contributed by atoms with Crippen molar-refractivity contribution in [2.45, 2.75) is 45.3 Å². The van der Waals surface area contributed by atoms with Crippen molar-refractivity contribution in [3.05, 3.63) is 101 Å². The topological polar surface area (TPSA) is 67.2 Å². The third-order valence-electron chi connectivity index (χ3n) is 6.90. The summed E-state index contributed by atoms with van der Waals surface area (Å²) < 4.78 is 1.58. The van der Waals surface area contributed by atoms with Gasteiger partial charge in [-0.2, -0.15) is 0 Å². The van der Waals surface area contributed by atoms with Crippen LogP contribution >= 0.6 is 0 Å². The zero-order valence-electron chi connectivity index (χ0n) is 20.5. The van der Waals surface area contributed by atoms with E-state index in [9.17, 15) is 9.59 Å². The molecule has 5 rings (SSSR count). The van der Waals surface area contributed by atoms with Gasteiger partial charge in [-0.15, -0.1) is 0 Å². The number of aryl methyl sites for hydroxylation is 1. The van der Waals surface area contributed by atoms with E-state index in [-0.39, 0.29) is 11.5 Å². The monoisotopic (exact) mass is 480 g/mol. The highest BCUT2D eigenvalue weighted by atomic mass is 16.1. The molecule has 1 aromatic heterocycles. The molecular weight excluding hydrogens is 448 g/mol. The molecule has 4 aromatic rings. The molecule has 0 radical (unpaired) electrons. The number of fused-ring (bicyclic) bond motifs is 1. The number of aromatic nitrogens is 2. The lowest BCUT2D eigenvalue weighted by atomic mass is 9.98. The predicted octanol–water partition coefficient (Wildman–Crippen LogP) is 4.76. The number of nitrogens with one attached hydrogen (secondary N) is 1. The van der Waals surface area contributed by atoms with Crippen LogP contribution in [0.3, 0.4) is 0 Å². The first-order valence-electron chi connectivity index (χ1n) is 12.8. The average Bonchev–Trinajstić information content (AvgIpc) is 3.43. The summed E-state index contributed by atoms with van der Waals surface area (Å²) in [5.74, 6) is -0.0208. The maximum Gasteiger partial charge on any atom is 0.261 e. The molecule has 2 heterocycles. The van der Waals surface area contributed by atoms with Crippen molar-refractivity contribution in [3.63, 3.8) is 0 Å². The number of nitrogens with zero attached hydrogens (tertiary/aromatic N) is 3. The molecule has 1 N–H and O–H groups in total. The normalized spacial score (nSPS) is 13.8. The molecule has 1 saturated heterocycles. The van der Waals surface area contributed by atoms with Gasteiger partial charge < -0.3 is 5.32 Å². The number of amides is 1. The summed E-state index contributed by atoms with van der Waals surface area (Å²) in [6.07, 6.45) is 5.10. The first-order chi connectivity index (χ1) is 17.7. The molecule has 0 atom stereocenters. The van der Waals surface area contributed by atoms with Crippen molar-refractivity contribution in [3.8, 4) is 11.1 Å². The molecule has 0 aliphatic carbocycles. The fourth-order valence-corrected chi connectivity index (χ4v) is 4.90. The summed E-state index contributed by atoms with van der Waals surface area (Å²) in [6.45, 7) is 4.34. The highest BCUT2D eigenvalue weighted by Crippen LogP contribution is 2.25. The molecule has 6 nitrogen and oxygen atoms in total. The fourth-order valence-electron chi connectivity index (χ4n) is 4.90. The van der Waals surface area contributed by atoms with E-state index in [1.54, 1.807) is 17.0 Å². The molecule has 0 unspecified atom stereocenters. The fraction of sp³-hybridized carbons (Fsp3) is 0.300. The number of carbonyl (C=O) groups excluding carboxylic acids is 1. The van der Waals surface area contributed by atoms with Crippen molar-refractivity contribution < 1.29 is 4.79 Å². The Labute approximate surface area is 211 Å². The lowest BCUT2D eigenvalue weighted by Gasteiger charge is -2.15. The zero-order valence-corrected chi connectivity index (χ0v) is 20.5. The van der Waals surface area contributed by atoms with Gasteiger partial charge in [0.25, 0.3) is 5.56 Å². The van der Waals surface area contributed by atoms with E-state index in [1.807, 2.05) is 30.3 Å². The Balaban J connectivity index is 1.15. The smallest absolute Gasteiger partial charge is 0.261 e. The number of hydrogen-bond acceptors (Lipinski definition) is 4. The first-order valence-corrected chi connectivity index (χ1v) is 12.8. The summed E-state index contributed by atoms with van der Waals surface area (Å²) in [6, 6.07) is 24.3. The second kappa shape index (κ2) is 11.3. The Morgan fingerprint density at radius 3 is 2.50 bits per heavy atom. The van der Waals surface area contributed by atoms with Gasteiger partial charge in [0.2, 0.25) is 5.91 Å². The zero-order chi connectivity index (χ0) is 24.7. The van der Waals surface area contributed by atoms with Crippen LogP contribution in [0.15, 0.2) is 83.9 Å². The van der Waals surface area contributed by atoms with Gasteiger partial charge >= 0.3 is 0 Å². The summed E-state index contributed by atoms with van der Waals surface area (Å²) in [7, 11) is 0. The third-order valence-corrected chi connectivity index (χ3v) is 6.90. The molecule has 0 bridgehead atoms. The van der Waals surface area contributed by atoms with E-state index in [0.717, 1.165) is 23.2 Å². The largest absolute Gasteiger partial charge is 0.352 e. The minimum absolute atomic E-state index is 0.0208. The van der Waals surface area contributed by atoms with Crippen LogP contribution in [-0.2, 0) is 24.4 Å². The third kappa shape index (κ3) is 5.71. The highest BCUT2D eigenvalue weighted by Gasteiger charge is 2.12. The standard InChI is InChI=1S/C30H32N4O2/c35-29(12-7-19-34-22-32-28-11-4-3-10-27(28)30(34)36)31-20-25-8-1-2-9-26(25)24-15-13-23(14-16-24)21-33-17-5-6-18-33/h1-4,8-11,13-16,22H,5-7,12,17-21H2,(H,31,35). The molecule has 1 amide bonds. The maximum absolute atomic E-state index is 12.6. The van der Waals surface area contributed by atoms with Crippen molar-refractivity contribution in [2.75, 3.05) is 13.1 Å². The lowest BCUT2D eigenvalue weighted by Crippen LogP contribution is -2.25. The van der Waals surface area contributed by atoms with E-state index in [1.165, 1.54) is 31.5 Å². The molecule has 36 heavy (non-hydrogen) atoms. The Morgan fingerprint density at radius 1 is 0.917 bits per heavy atom. The molecule has 0 saturated carbocycles. The summed E-state index contributed by atoms with van der Waals surface area (Å²) in [5, 5.41) is 3.65. The number of carbonyl (C=O) groups is 1. The van der Waals surface area contributed by atoms with Crippen LogP contribution in [0.1, 0.15) is 36.8 Å². The minimum atomic E-state index is -0.0682. The number of rotatable bonds is 9. The molecule has 1 fully saturated rings. The molecule has 1 aliphatic rings. The molecular formula is C30H32N4O2. The van der Waals surface area contributed by atoms with Crippen molar-refractivity contribution in [1.29, 1.82) is 0 Å². The Hall–Kier alpha value is -3.77. The van der Waals surface area contributed by atoms with Crippen molar-refractivity contribution in [2.24, 2.45) is 0 Å². The summed E-state index contributed by atoms with van der Waals surface area (Å²) >= 11 is 0. The van der Waals surface area contributed by atoms with Crippen LogP contribution in [0.25, 0.3) is 22.0 Å². The highest BCUT2D eigenvalue weighted by molar-refractivity contribution is 5.77. The van der Waals surface area contributed by atoms with E-state index >= 15 is 0 Å². The first kappa shape index (κ1) is 23.9. The minimum Gasteiger partial charge on any atom is -0.352 e. The van der Waals surface area contributed by atoms with E-state index in [4.69, 9.17) is 0 Å². The predicted molar refractivity (Wildman–Crippen MR) is 143 cm³/mol. The molecule has 0 spiro atoms. The number of hydrogen-bond donors (Lipinski definition) is 1. The Bertz CT molecular complexity index is 1390. The molecule has 6 heteroatoms. The number of para-hydroxylation sites is 1. The molecule has 184 valence electrons. The van der Waals surface area contributed by atoms with Gasteiger partial charge in [-0.25, -0.2) is 4.98 Å². The quantitative estimate of drug-likeness (QED) is 0.375. The van der Waals surface area contributed by atoms with Gasteiger partial charge in [0.15, 0.2) is 0 Å². The van der Waals surface area contributed by atoms with Crippen molar-refractivity contribution in [1.82, 2.24) is 19.8 Å². The van der Waals surface area contributed by atoms with E-state index < -0.39 is 0 Å². The van der Waals surface area contributed by atoms with E-state index in [2.05, 4.69) is 51.6 Å². The Morgan fingerprint density at radius 2 is 1.67 bits per heavy atom. The van der Waals surface area contributed by atoms with Crippen LogP contribution in [-0.4, -0.2) is 33.4 Å². The lowest BCUT2D eigenvalue weighted by molar-refractivity contribution is -0.121. The average molecular weight is 481 g/mol. The van der Waals surface area contributed by atoms with Gasteiger partial charge in [-0.05, 0) is 66.7 Å². The molecule has 1 aliphatic heterocycles. The van der Waals surface area contributed by atoms with Gasteiger partial charge in [-0.3, -0.25) is 19.1 Å². The van der Waals surface area contributed by atoms with Gasteiger partial charge in [0.1, 0.15) is 0 Å². The van der Waals surface area contributed by atoms with E-state index in [0.29, 0.717) is 36.8 Å². The van der Waals surface area contributed by atoms with Gasteiger partial charge in [0.05, 0.1) is 17.2 Å². The van der Waals surface area contributed by atoms with Crippen molar-refractivity contribution >= 4 is 16.8 Å². The van der Waals surface area contributed by atoms with Gasteiger partial charge in [-0.1, -0.05) is 60.7 Å². The van der Waals surface area contributed by atoms with Gasteiger partial charge in [0, 0.05) is 26.1 Å². The number of benzene rings is 3. The van der Waals surface area contributed by atoms with Crippen LogP contribution in [0.4, 0.5) is 0 Å². The maximum atomic E-state index is 12.6. The second-order valence-corrected chi connectivity index (χ2v) is 9.48. The SMILES string of the molecule is O=C(CCCn1cnc2ccccc2c1=O)NCc1ccccc1-c1ccc(CN2CCCC2)cc1. The summed E-state index contributed by atoms with van der Waals surface area (Å²) in [4.78, 5) is 32.0. The van der Waals surface area contributed by atoms with Crippen LogP contribution in [0.2, 0.25) is 0 Å².